The third-order valence-corrected chi connectivity index (χ3v) is 5.14. The van der Waals surface area contributed by atoms with E-state index in [0.717, 1.165) is 27.5 Å². The summed E-state index contributed by atoms with van der Waals surface area (Å²) >= 11 is 5.22. The predicted molar refractivity (Wildman–Crippen MR) is 86.3 cm³/mol. The van der Waals surface area contributed by atoms with Crippen molar-refractivity contribution in [2.75, 3.05) is 0 Å². The molecule has 1 atom stereocenters. The summed E-state index contributed by atoms with van der Waals surface area (Å²) in [6.45, 7) is 2.13. The number of aromatic nitrogens is 2. The van der Waals surface area contributed by atoms with Crippen molar-refractivity contribution in [3.05, 3.63) is 54.5 Å². The molecular formula is C14H14BrN3OS. The van der Waals surface area contributed by atoms with Gasteiger partial charge in [0.15, 0.2) is 0 Å². The minimum Gasteiger partial charge on any atom is -0.320 e. The van der Waals surface area contributed by atoms with E-state index in [-0.39, 0.29) is 11.7 Å². The first-order chi connectivity index (χ1) is 9.60. The molecule has 3 rings (SSSR count). The van der Waals surface area contributed by atoms with Crippen molar-refractivity contribution in [2.45, 2.75) is 19.4 Å². The normalized spacial score (nSPS) is 12.9. The summed E-state index contributed by atoms with van der Waals surface area (Å²) in [6.07, 6.45) is 0.966. The van der Waals surface area contributed by atoms with Gasteiger partial charge in [0.1, 0.15) is 0 Å². The molecule has 0 aliphatic heterocycles. The van der Waals surface area contributed by atoms with Crippen molar-refractivity contribution in [3.63, 3.8) is 0 Å². The Kier molecular flexibility index (Phi) is 3.54. The standard InChI is InChI=1S/C14H14BrN3OS/c1-2-7-3-4-20-13(7)12(16)8-5-10-11(6-9(8)15)18-14(19)17-10/h3-6,12H,2,16H2,1H3,(H2,17,18,19). The van der Waals surface area contributed by atoms with Crippen LogP contribution in [0.2, 0.25) is 0 Å². The zero-order valence-electron chi connectivity index (χ0n) is 10.9. The average Bonchev–Trinajstić information content (AvgIpc) is 3.01. The van der Waals surface area contributed by atoms with Gasteiger partial charge in [0.25, 0.3) is 0 Å². The lowest BCUT2D eigenvalue weighted by Crippen LogP contribution is -2.12. The van der Waals surface area contributed by atoms with Gasteiger partial charge in [-0.1, -0.05) is 22.9 Å². The van der Waals surface area contributed by atoms with E-state index in [1.54, 1.807) is 11.3 Å². The van der Waals surface area contributed by atoms with Crippen molar-refractivity contribution in [3.8, 4) is 0 Å². The monoisotopic (exact) mass is 351 g/mol. The van der Waals surface area contributed by atoms with Gasteiger partial charge in [-0.3, -0.25) is 0 Å². The lowest BCUT2D eigenvalue weighted by Gasteiger charge is -2.14. The molecule has 0 amide bonds. The second-order valence-electron chi connectivity index (χ2n) is 4.64. The Morgan fingerprint density at radius 1 is 1.35 bits per heavy atom. The van der Waals surface area contributed by atoms with Gasteiger partial charge in [0.2, 0.25) is 0 Å². The summed E-state index contributed by atoms with van der Waals surface area (Å²) in [5.41, 5.74) is 10.0. The highest BCUT2D eigenvalue weighted by Gasteiger charge is 2.18. The predicted octanol–water partition coefficient (Wildman–Crippen LogP) is 3.29. The number of nitrogens with two attached hydrogens (primary N) is 1. The second-order valence-corrected chi connectivity index (χ2v) is 6.44. The summed E-state index contributed by atoms with van der Waals surface area (Å²) in [5.74, 6) is 0. The molecule has 4 nitrogen and oxygen atoms in total. The topological polar surface area (TPSA) is 74.7 Å². The molecule has 0 saturated carbocycles. The first-order valence-corrected chi connectivity index (χ1v) is 8.00. The van der Waals surface area contributed by atoms with Crippen molar-refractivity contribution >= 4 is 38.3 Å². The molecule has 4 N–H and O–H groups in total. The number of aryl methyl sites for hydroxylation is 1. The number of aromatic amines is 2. The van der Waals surface area contributed by atoms with Crippen LogP contribution in [0.25, 0.3) is 11.0 Å². The molecule has 3 aromatic rings. The number of nitrogens with one attached hydrogen (secondary N) is 2. The van der Waals surface area contributed by atoms with Gasteiger partial charge in [-0.15, -0.1) is 11.3 Å². The minimum absolute atomic E-state index is 0.192. The van der Waals surface area contributed by atoms with Crippen LogP contribution < -0.4 is 11.4 Å². The molecule has 0 radical (unpaired) electrons. The Balaban J connectivity index is 2.13. The maximum absolute atomic E-state index is 11.4. The van der Waals surface area contributed by atoms with E-state index < -0.39 is 0 Å². The maximum Gasteiger partial charge on any atom is 0.323 e. The van der Waals surface area contributed by atoms with Crippen LogP contribution in [-0.4, -0.2) is 9.97 Å². The Bertz CT molecular complexity index is 817. The molecule has 2 heterocycles. The SMILES string of the molecule is CCc1ccsc1C(N)c1cc2[nH]c(=O)[nH]c2cc1Br. The van der Waals surface area contributed by atoms with E-state index in [4.69, 9.17) is 5.73 Å². The Morgan fingerprint density at radius 2 is 2.05 bits per heavy atom. The summed E-state index contributed by atoms with van der Waals surface area (Å²) in [6, 6.07) is 5.75. The van der Waals surface area contributed by atoms with Gasteiger partial charge in [-0.05, 0) is 41.1 Å². The number of H-pyrrole nitrogens is 2. The fourth-order valence-electron chi connectivity index (χ4n) is 2.36. The van der Waals surface area contributed by atoms with Crippen molar-refractivity contribution in [1.82, 2.24) is 9.97 Å². The van der Waals surface area contributed by atoms with Crippen molar-refractivity contribution < 1.29 is 0 Å². The molecule has 1 aromatic carbocycles. The summed E-state index contributed by atoms with van der Waals surface area (Å²) in [4.78, 5) is 18.0. The molecule has 6 heteroatoms. The van der Waals surface area contributed by atoms with Gasteiger partial charge >= 0.3 is 5.69 Å². The highest BCUT2D eigenvalue weighted by atomic mass is 79.9. The number of fused-ring (bicyclic) bond motifs is 1. The number of hydrogen-bond acceptors (Lipinski definition) is 3. The molecule has 0 aliphatic carbocycles. The molecular weight excluding hydrogens is 338 g/mol. The van der Waals surface area contributed by atoms with Crippen molar-refractivity contribution in [2.24, 2.45) is 5.73 Å². The van der Waals surface area contributed by atoms with Crippen LogP contribution in [-0.2, 0) is 6.42 Å². The van der Waals surface area contributed by atoms with Crippen molar-refractivity contribution in [1.29, 1.82) is 0 Å². The minimum atomic E-state index is -0.206. The smallest absolute Gasteiger partial charge is 0.320 e. The van der Waals surface area contributed by atoms with Gasteiger partial charge in [-0.25, -0.2) is 4.79 Å². The molecule has 0 aliphatic rings. The van der Waals surface area contributed by atoms with Crippen LogP contribution in [0, 0.1) is 0 Å². The van der Waals surface area contributed by atoms with E-state index in [0.29, 0.717) is 0 Å². The van der Waals surface area contributed by atoms with Crippen LogP contribution in [0.5, 0.6) is 0 Å². The number of thiophene rings is 1. The lowest BCUT2D eigenvalue weighted by molar-refractivity contribution is 0.870. The summed E-state index contributed by atoms with van der Waals surface area (Å²) < 4.78 is 0.906. The largest absolute Gasteiger partial charge is 0.323 e. The summed E-state index contributed by atoms with van der Waals surface area (Å²) in [7, 11) is 0. The average molecular weight is 352 g/mol. The number of benzene rings is 1. The molecule has 0 spiro atoms. The first-order valence-electron chi connectivity index (χ1n) is 6.33. The zero-order chi connectivity index (χ0) is 14.3. The van der Waals surface area contributed by atoms with Crippen LogP contribution >= 0.6 is 27.3 Å². The van der Waals surface area contributed by atoms with E-state index >= 15 is 0 Å². The van der Waals surface area contributed by atoms with E-state index in [2.05, 4.69) is 44.3 Å². The summed E-state index contributed by atoms with van der Waals surface area (Å²) in [5, 5.41) is 2.07. The van der Waals surface area contributed by atoms with E-state index in [1.165, 1.54) is 10.4 Å². The van der Waals surface area contributed by atoms with E-state index in [1.807, 2.05) is 12.1 Å². The van der Waals surface area contributed by atoms with Crippen LogP contribution in [0.1, 0.15) is 29.0 Å². The highest BCUT2D eigenvalue weighted by Crippen LogP contribution is 2.33. The fourth-order valence-corrected chi connectivity index (χ4v) is 3.97. The Labute approximate surface area is 128 Å². The van der Waals surface area contributed by atoms with Gasteiger partial charge in [0, 0.05) is 9.35 Å². The highest BCUT2D eigenvalue weighted by molar-refractivity contribution is 9.10. The zero-order valence-corrected chi connectivity index (χ0v) is 13.3. The first kappa shape index (κ1) is 13.6. The molecule has 20 heavy (non-hydrogen) atoms. The van der Waals surface area contributed by atoms with Crippen LogP contribution in [0.15, 0.2) is 32.8 Å². The molecule has 0 bridgehead atoms. The lowest BCUT2D eigenvalue weighted by atomic mass is 10.0. The molecule has 104 valence electrons. The van der Waals surface area contributed by atoms with Gasteiger partial charge < -0.3 is 15.7 Å². The second kappa shape index (κ2) is 5.20. The van der Waals surface area contributed by atoms with Crippen LogP contribution in [0.4, 0.5) is 0 Å². The number of imidazole rings is 1. The Morgan fingerprint density at radius 3 is 2.75 bits per heavy atom. The maximum atomic E-state index is 11.4. The molecule has 1 unspecified atom stereocenters. The third-order valence-electron chi connectivity index (χ3n) is 3.41. The van der Waals surface area contributed by atoms with Gasteiger partial charge in [-0.2, -0.15) is 0 Å². The quantitative estimate of drug-likeness (QED) is 0.677. The van der Waals surface area contributed by atoms with Crippen LogP contribution in [0.3, 0.4) is 0 Å². The number of halogens is 1. The Hall–Kier alpha value is -1.37. The fraction of sp³-hybridized carbons (Fsp3) is 0.214. The number of rotatable bonds is 3. The number of hydrogen-bond donors (Lipinski definition) is 3. The third kappa shape index (κ3) is 2.24. The molecule has 0 saturated heterocycles. The van der Waals surface area contributed by atoms with Gasteiger partial charge in [0.05, 0.1) is 17.1 Å². The molecule has 2 aromatic heterocycles. The molecule has 0 fully saturated rings. The van der Waals surface area contributed by atoms with E-state index in [9.17, 15) is 4.79 Å².